The molecule has 0 fully saturated rings. The van der Waals surface area contributed by atoms with Gasteiger partial charge in [0.2, 0.25) is 0 Å². The zero-order chi connectivity index (χ0) is 7.02. The minimum Gasteiger partial charge on any atom is -0.305 e. The fourth-order valence-electron chi connectivity index (χ4n) is 0.546. The van der Waals surface area contributed by atoms with Crippen molar-refractivity contribution >= 4 is 50.5 Å². The first-order valence-electron chi connectivity index (χ1n) is 2.24. The van der Waals surface area contributed by atoms with Crippen molar-refractivity contribution in [1.82, 2.24) is 0 Å². The lowest BCUT2D eigenvalue weighted by molar-refractivity contribution is -0.109. The number of allylic oxidation sites excluding steroid dienone is 2. The van der Waals surface area contributed by atoms with Crippen LogP contribution in [0, 0.1) is 0 Å². The number of rotatable bonds is 0. The third-order valence-electron chi connectivity index (χ3n) is 1.00. The van der Waals surface area contributed by atoms with Crippen molar-refractivity contribution in [3.8, 4) is 0 Å². The van der Waals surface area contributed by atoms with Crippen LogP contribution in [0.5, 0.6) is 0 Å². The predicted molar refractivity (Wildman–Crippen MR) is 42.0 cm³/mol. The standard InChI is InChI=1S/C4HBBr2O2/c6-1-2(7)4(9)5-3(1)8/h5H. The van der Waals surface area contributed by atoms with Crippen LogP contribution in [0.1, 0.15) is 0 Å². The molecule has 0 aromatic heterocycles. The molecule has 0 aromatic carbocycles. The first kappa shape index (κ1) is 7.21. The minimum atomic E-state index is -0.146. The highest BCUT2D eigenvalue weighted by Gasteiger charge is 2.28. The Bertz CT molecular complexity index is 199. The highest BCUT2D eigenvalue weighted by molar-refractivity contribution is 9.14. The Kier molecular flexibility index (Phi) is 1.91. The zero-order valence-corrected chi connectivity index (χ0v) is 7.45. The van der Waals surface area contributed by atoms with Gasteiger partial charge in [-0.15, -0.1) is 0 Å². The molecule has 1 aliphatic rings. The SMILES string of the molecule is O=C1BC(=O)C(Br)=C1Br. The van der Waals surface area contributed by atoms with E-state index in [0.29, 0.717) is 8.96 Å². The lowest BCUT2D eigenvalue weighted by Crippen LogP contribution is -2.09. The van der Waals surface area contributed by atoms with Gasteiger partial charge in [0, 0.05) is 0 Å². The monoisotopic (exact) mass is 250 g/mol. The van der Waals surface area contributed by atoms with Gasteiger partial charge in [0.25, 0.3) is 7.28 Å². The summed E-state index contributed by atoms with van der Waals surface area (Å²) in [6, 6.07) is 0. The van der Waals surface area contributed by atoms with Crippen LogP contribution in [-0.2, 0) is 9.59 Å². The quantitative estimate of drug-likeness (QED) is 0.588. The first-order chi connectivity index (χ1) is 4.13. The van der Waals surface area contributed by atoms with Crippen LogP contribution < -0.4 is 0 Å². The topological polar surface area (TPSA) is 34.1 Å². The molecule has 0 aromatic rings. The lowest BCUT2D eigenvalue weighted by Gasteiger charge is -1.82. The van der Waals surface area contributed by atoms with Gasteiger partial charge in [0.05, 0.1) is 8.96 Å². The van der Waals surface area contributed by atoms with Crippen LogP contribution in [0.25, 0.3) is 0 Å². The molecule has 0 bridgehead atoms. The van der Waals surface area contributed by atoms with E-state index in [-0.39, 0.29) is 18.6 Å². The highest BCUT2D eigenvalue weighted by Crippen LogP contribution is 2.24. The molecule has 0 saturated carbocycles. The van der Waals surface area contributed by atoms with Crippen LogP contribution in [0.2, 0.25) is 0 Å². The van der Waals surface area contributed by atoms with Gasteiger partial charge in [0.1, 0.15) is 11.4 Å². The number of carbonyl (C=O) groups excluding carboxylic acids is 2. The molecule has 0 saturated heterocycles. The molecule has 5 heteroatoms. The Labute approximate surface area is 69.2 Å². The molecule has 0 aliphatic carbocycles. The molecule has 0 N–H and O–H groups in total. The number of carbonyl (C=O) groups is 2. The van der Waals surface area contributed by atoms with Crippen molar-refractivity contribution in [3.05, 3.63) is 8.96 Å². The summed E-state index contributed by atoms with van der Waals surface area (Å²) in [5.74, 6) is 0. The molecular weight excluding hydrogens is 251 g/mol. The molecule has 0 atom stereocenters. The minimum absolute atomic E-state index is 0.00116. The Morgan fingerprint density at radius 2 is 1.33 bits per heavy atom. The summed E-state index contributed by atoms with van der Waals surface area (Å²) in [6.45, 7) is 0. The molecule has 1 aliphatic heterocycles. The summed E-state index contributed by atoms with van der Waals surface area (Å²) in [4.78, 5) is 21.3. The summed E-state index contributed by atoms with van der Waals surface area (Å²) < 4.78 is 0.736. The van der Waals surface area contributed by atoms with Crippen LogP contribution in [-0.4, -0.2) is 18.6 Å². The van der Waals surface area contributed by atoms with Gasteiger partial charge in [-0.3, -0.25) is 0 Å². The maximum Gasteiger partial charge on any atom is 0.299 e. The number of halogens is 2. The van der Waals surface area contributed by atoms with Crippen LogP contribution in [0.3, 0.4) is 0 Å². The van der Waals surface area contributed by atoms with E-state index in [2.05, 4.69) is 31.9 Å². The van der Waals surface area contributed by atoms with Crippen LogP contribution in [0.15, 0.2) is 8.96 Å². The van der Waals surface area contributed by atoms with E-state index in [1.54, 1.807) is 0 Å². The van der Waals surface area contributed by atoms with Gasteiger partial charge in [0.15, 0.2) is 0 Å². The zero-order valence-electron chi connectivity index (χ0n) is 4.28. The van der Waals surface area contributed by atoms with E-state index in [0.717, 1.165) is 0 Å². The Hall–Kier alpha value is 0.105. The van der Waals surface area contributed by atoms with E-state index in [1.165, 1.54) is 0 Å². The molecule has 0 unspecified atom stereocenters. The maximum atomic E-state index is 10.6. The molecule has 0 radical (unpaired) electrons. The maximum absolute atomic E-state index is 10.6. The fraction of sp³-hybridized carbons (Fsp3) is 0. The van der Waals surface area contributed by atoms with Crippen LogP contribution in [0.4, 0.5) is 0 Å². The normalized spacial score (nSPS) is 18.9. The molecule has 9 heavy (non-hydrogen) atoms. The fourth-order valence-corrected chi connectivity index (χ4v) is 1.27. The Morgan fingerprint density at radius 3 is 1.44 bits per heavy atom. The molecule has 46 valence electrons. The van der Waals surface area contributed by atoms with Gasteiger partial charge in [-0.1, -0.05) is 0 Å². The number of hydrogen-bond donors (Lipinski definition) is 0. The summed E-state index contributed by atoms with van der Waals surface area (Å²) in [6.07, 6.45) is 0. The molecular formula is C4HBBr2O2. The van der Waals surface area contributed by atoms with E-state index in [4.69, 9.17) is 0 Å². The number of hydrogen-bond acceptors (Lipinski definition) is 2. The highest BCUT2D eigenvalue weighted by atomic mass is 79.9. The van der Waals surface area contributed by atoms with E-state index >= 15 is 0 Å². The molecule has 1 heterocycles. The van der Waals surface area contributed by atoms with Crippen molar-refractivity contribution in [2.45, 2.75) is 0 Å². The summed E-state index contributed by atoms with van der Waals surface area (Å²) in [7, 11) is 0.00116. The van der Waals surface area contributed by atoms with Crippen LogP contribution >= 0.6 is 31.9 Å². The van der Waals surface area contributed by atoms with E-state index in [9.17, 15) is 9.59 Å². The second kappa shape index (κ2) is 2.38. The van der Waals surface area contributed by atoms with Gasteiger partial charge in [-0.2, -0.15) is 0 Å². The summed E-state index contributed by atoms with van der Waals surface area (Å²) in [5, 5.41) is 0. The van der Waals surface area contributed by atoms with Gasteiger partial charge in [-0.05, 0) is 31.9 Å². The summed E-state index contributed by atoms with van der Waals surface area (Å²) >= 11 is 5.94. The van der Waals surface area contributed by atoms with Gasteiger partial charge < -0.3 is 9.59 Å². The Morgan fingerprint density at radius 1 is 1.00 bits per heavy atom. The van der Waals surface area contributed by atoms with Crippen molar-refractivity contribution in [2.24, 2.45) is 0 Å². The third kappa shape index (κ3) is 1.16. The predicted octanol–water partition coefficient (Wildman–Crippen LogP) is 0.491. The molecule has 0 amide bonds. The van der Waals surface area contributed by atoms with Crippen molar-refractivity contribution < 1.29 is 9.59 Å². The molecule has 2 nitrogen and oxygen atoms in total. The average Bonchev–Trinajstić information content (AvgIpc) is 1.98. The molecule has 0 spiro atoms. The van der Waals surface area contributed by atoms with Gasteiger partial charge in [-0.25, -0.2) is 0 Å². The molecule has 1 rings (SSSR count). The van der Waals surface area contributed by atoms with Crippen molar-refractivity contribution in [2.75, 3.05) is 0 Å². The largest absolute Gasteiger partial charge is 0.305 e. The smallest absolute Gasteiger partial charge is 0.299 e. The second-order valence-corrected chi connectivity index (χ2v) is 3.24. The Balaban J connectivity index is 3.06. The van der Waals surface area contributed by atoms with Gasteiger partial charge >= 0.3 is 0 Å². The summed E-state index contributed by atoms with van der Waals surface area (Å²) in [5.41, 5.74) is -0.293. The van der Waals surface area contributed by atoms with Crippen molar-refractivity contribution in [3.63, 3.8) is 0 Å². The third-order valence-corrected chi connectivity index (χ3v) is 3.21. The first-order valence-corrected chi connectivity index (χ1v) is 3.83. The lowest BCUT2D eigenvalue weighted by atomic mass is 9.74. The van der Waals surface area contributed by atoms with E-state index in [1.807, 2.05) is 0 Å². The average molecular weight is 252 g/mol. The van der Waals surface area contributed by atoms with Crippen molar-refractivity contribution in [1.29, 1.82) is 0 Å². The van der Waals surface area contributed by atoms with E-state index < -0.39 is 0 Å². The second-order valence-electron chi connectivity index (χ2n) is 1.65.